The minimum Gasteiger partial charge on any atom is -0.211 e. The van der Waals surface area contributed by atoms with Crippen molar-refractivity contribution in [1.82, 2.24) is 0 Å². The molecule has 0 aliphatic heterocycles. The van der Waals surface area contributed by atoms with Crippen LogP contribution in [-0.2, 0) is 4.79 Å². The van der Waals surface area contributed by atoms with E-state index in [0.29, 0.717) is 6.04 Å². The predicted octanol–water partition coefficient (Wildman–Crippen LogP) is 1.51. The minimum atomic E-state index is 0.359. The number of aliphatic imine (C=N–C) groups is 1. The molecule has 2 aliphatic carbocycles. The van der Waals surface area contributed by atoms with Crippen molar-refractivity contribution in [3.8, 4) is 0 Å². The molecular weight excluding hydrogens is 126 g/mol. The van der Waals surface area contributed by atoms with Crippen molar-refractivity contribution in [3.05, 3.63) is 0 Å². The van der Waals surface area contributed by atoms with Gasteiger partial charge in [-0.05, 0) is 37.5 Å². The highest BCUT2D eigenvalue weighted by Crippen LogP contribution is 2.46. The second-order valence-electron chi connectivity index (χ2n) is 3.39. The Bertz CT molecular complexity index is 164. The van der Waals surface area contributed by atoms with Gasteiger partial charge in [0.05, 0.1) is 6.04 Å². The first-order valence-corrected chi connectivity index (χ1v) is 3.99. The number of carbonyl (C=O) groups excluding carboxylic acids is 1. The summed E-state index contributed by atoms with van der Waals surface area (Å²) in [6.45, 7) is 0. The average Bonchev–Trinajstić information content (AvgIpc) is 2.50. The molecule has 0 heterocycles. The molecule has 0 aromatic heterocycles. The molecule has 2 saturated carbocycles. The van der Waals surface area contributed by atoms with Crippen LogP contribution < -0.4 is 0 Å². The van der Waals surface area contributed by atoms with Gasteiger partial charge in [-0.25, -0.2) is 9.79 Å². The summed E-state index contributed by atoms with van der Waals surface area (Å²) in [5, 5.41) is 0. The van der Waals surface area contributed by atoms with Crippen molar-refractivity contribution >= 4 is 6.08 Å². The maximum absolute atomic E-state index is 9.99. The molecule has 0 unspecified atom stereocenters. The molecule has 2 bridgehead atoms. The number of isocyanates is 1. The van der Waals surface area contributed by atoms with Crippen molar-refractivity contribution in [3.63, 3.8) is 0 Å². The van der Waals surface area contributed by atoms with Crippen LogP contribution in [0.4, 0.5) is 0 Å². The Labute approximate surface area is 60.3 Å². The molecule has 10 heavy (non-hydrogen) atoms. The van der Waals surface area contributed by atoms with E-state index in [2.05, 4.69) is 4.99 Å². The number of fused-ring (bicyclic) bond motifs is 2. The second-order valence-corrected chi connectivity index (χ2v) is 3.39. The highest BCUT2D eigenvalue weighted by molar-refractivity contribution is 5.34. The highest BCUT2D eigenvalue weighted by Gasteiger charge is 2.41. The van der Waals surface area contributed by atoms with Crippen LogP contribution in [0.3, 0.4) is 0 Å². The maximum Gasteiger partial charge on any atom is 0.235 e. The van der Waals surface area contributed by atoms with Gasteiger partial charge in [0.1, 0.15) is 0 Å². The lowest BCUT2D eigenvalue weighted by Crippen LogP contribution is -2.08. The molecule has 2 heteroatoms. The lowest BCUT2D eigenvalue weighted by atomic mass is 10.0. The summed E-state index contributed by atoms with van der Waals surface area (Å²) >= 11 is 0. The average molecular weight is 137 g/mol. The fourth-order valence-electron chi connectivity index (χ4n) is 2.48. The van der Waals surface area contributed by atoms with E-state index in [4.69, 9.17) is 0 Å². The Hall–Kier alpha value is -0.620. The molecule has 0 radical (unpaired) electrons. The zero-order valence-electron chi connectivity index (χ0n) is 5.92. The summed E-state index contributed by atoms with van der Waals surface area (Å²) < 4.78 is 0. The Balaban J connectivity index is 2.16. The maximum atomic E-state index is 9.99. The van der Waals surface area contributed by atoms with Gasteiger partial charge in [0.15, 0.2) is 0 Å². The molecule has 2 fully saturated rings. The Kier molecular flexibility index (Phi) is 1.35. The number of hydrogen-bond acceptors (Lipinski definition) is 2. The molecule has 2 aliphatic rings. The smallest absolute Gasteiger partial charge is 0.211 e. The molecule has 0 N–H and O–H groups in total. The molecule has 2 rings (SSSR count). The van der Waals surface area contributed by atoms with Crippen LogP contribution in [0.2, 0.25) is 0 Å². The molecular formula is C8H11NO. The van der Waals surface area contributed by atoms with E-state index in [1.807, 2.05) is 0 Å². The van der Waals surface area contributed by atoms with Crippen LogP contribution in [-0.4, -0.2) is 12.1 Å². The van der Waals surface area contributed by atoms with Crippen LogP contribution in [0.25, 0.3) is 0 Å². The summed E-state index contributed by atoms with van der Waals surface area (Å²) in [6, 6.07) is 0.359. The first-order chi connectivity index (χ1) is 4.92. The SMILES string of the molecule is O=C=NC1C2CCC1CC2. The van der Waals surface area contributed by atoms with Gasteiger partial charge in [-0.1, -0.05) is 0 Å². The molecule has 0 amide bonds. The fourth-order valence-corrected chi connectivity index (χ4v) is 2.48. The number of nitrogens with zero attached hydrogens (tertiary/aromatic N) is 1. The van der Waals surface area contributed by atoms with E-state index in [9.17, 15) is 4.79 Å². The van der Waals surface area contributed by atoms with Gasteiger partial charge in [0.2, 0.25) is 6.08 Å². The number of rotatable bonds is 1. The van der Waals surface area contributed by atoms with Crippen LogP contribution in [0.1, 0.15) is 25.7 Å². The Morgan fingerprint density at radius 1 is 1.10 bits per heavy atom. The van der Waals surface area contributed by atoms with Gasteiger partial charge in [0.25, 0.3) is 0 Å². The van der Waals surface area contributed by atoms with Crippen molar-refractivity contribution in [2.24, 2.45) is 16.8 Å². The van der Waals surface area contributed by atoms with Crippen molar-refractivity contribution in [1.29, 1.82) is 0 Å². The topological polar surface area (TPSA) is 29.4 Å². The quantitative estimate of drug-likeness (QED) is 0.398. The minimum absolute atomic E-state index is 0.359. The molecule has 2 nitrogen and oxygen atoms in total. The van der Waals surface area contributed by atoms with Crippen molar-refractivity contribution < 1.29 is 4.79 Å². The van der Waals surface area contributed by atoms with E-state index in [0.717, 1.165) is 11.8 Å². The largest absolute Gasteiger partial charge is 0.235 e. The summed E-state index contributed by atoms with van der Waals surface area (Å²) in [4.78, 5) is 13.8. The highest BCUT2D eigenvalue weighted by atomic mass is 16.1. The molecule has 0 atom stereocenters. The predicted molar refractivity (Wildman–Crippen MR) is 37.4 cm³/mol. The van der Waals surface area contributed by atoms with Crippen LogP contribution in [0.15, 0.2) is 4.99 Å². The summed E-state index contributed by atoms with van der Waals surface area (Å²) in [6.07, 6.45) is 6.85. The van der Waals surface area contributed by atoms with E-state index in [1.165, 1.54) is 25.7 Å². The third-order valence-corrected chi connectivity index (χ3v) is 2.98. The molecule has 54 valence electrons. The van der Waals surface area contributed by atoms with Gasteiger partial charge >= 0.3 is 0 Å². The zero-order chi connectivity index (χ0) is 6.97. The summed E-state index contributed by atoms with van der Waals surface area (Å²) in [5.74, 6) is 1.46. The Morgan fingerprint density at radius 2 is 1.60 bits per heavy atom. The van der Waals surface area contributed by atoms with Gasteiger partial charge in [-0.2, -0.15) is 0 Å². The lowest BCUT2D eigenvalue weighted by Gasteiger charge is -2.04. The fraction of sp³-hybridized carbons (Fsp3) is 0.875. The molecule has 0 spiro atoms. The Morgan fingerprint density at radius 3 is 2.00 bits per heavy atom. The number of hydrogen-bond donors (Lipinski definition) is 0. The standard InChI is InChI=1S/C8H11NO/c10-5-9-8-6-1-2-7(8)4-3-6/h6-8H,1-4H2. The molecule has 0 saturated heterocycles. The summed E-state index contributed by atoms with van der Waals surface area (Å²) in [5.41, 5.74) is 0. The van der Waals surface area contributed by atoms with Crippen molar-refractivity contribution in [2.45, 2.75) is 31.7 Å². The van der Waals surface area contributed by atoms with E-state index in [1.54, 1.807) is 6.08 Å². The monoisotopic (exact) mass is 137 g/mol. The lowest BCUT2D eigenvalue weighted by molar-refractivity contribution is 0.480. The van der Waals surface area contributed by atoms with Crippen LogP contribution in [0, 0.1) is 11.8 Å². The summed E-state index contributed by atoms with van der Waals surface area (Å²) in [7, 11) is 0. The van der Waals surface area contributed by atoms with E-state index in [-0.39, 0.29) is 0 Å². The first-order valence-electron chi connectivity index (χ1n) is 3.99. The normalized spacial score (nSPS) is 43.4. The second kappa shape index (κ2) is 2.21. The van der Waals surface area contributed by atoms with E-state index >= 15 is 0 Å². The van der Waals surface area contributed by atoms with Gasteiger partial charge < -0.3 is 0 Å². The molecule has 0 aromatic carbocycles. The van der Waals surface area contributed by atoms with Crippen molar-refractivity contribution in [2.75, 3.05) is 0 Å². The zero-order valence-corrected chi connectivity index (χ0v) is 5.92. The van der Waals surface area contributed by atoms with Crippen LogP contribution in [0.5, 0.6) is 0 Å². The molecule has 0 aromatic rings. The van der Waals surface area contributed by atoms with Gasteiger partial charge in [-0.15, -0.1) is 0 Å². The van der Waals surface area contributed by atoms with Gasteiger partial charge in [0, 0.05) is 0 Å². The van der Waals surface area contributed by atoms with Crippen LogP contribution >= 0.6 is 0 Å². The first kappa shape index (κ1) is 6.11. The van der Waals surface area contributed by atoms with Gasteiger partial charge in [-0.3, -0.25) is 0 Å². The van der Waals surface area contributed by atoms with E-state index < -0.39 is 0 Å². The third kappa shape index (κ3) is 0.723. The third-order valence-electron chi connectivity index (χ3n) is 2.98.